The van der Waals surface area contributed by atoms with E-state index in [1.54, 1.807) is 0 Å². The Kier molecular flexibility index (Phi) is 3.04. The number of para-hydroxylation sites is 1. The summed E-state index contributed by atoms with van der Waals surface area (Å²) < 4.78 is 33.9. The molecule has 0 aliphatic heterocycles. The van der Waals surface area contributed by atoms with Crippen molar-refractivity contribution in [2.75, 3.05) is 0 Å². The van der Waals surface area contributed by atoms with Crippen LogP contribution in [0, 0.1) is 10.1 Å². The number of nitro groups is 1. The van der Waals surface area contributed by atoms with Crippen LogP contribution in [0.3, 0.4) is 0 Å². The summed E-state index contributed by atoms with van der Waals surface area (Å²) in [5.41, 5.74) is -0.545. The Bertz CT molecular complexity index is 485. The Labute approximate surface area is 85.9 Å². The van der Waals surface area contributed by atoms with Crippen molar-refractivity contribution in [1.29, 1.82) is 0 Å². The Morgan fingerprint density at radius 3 is 2.40 bits per heavy atom. The van der Waals surface area contributed by atoms with Gasteiger partial charge < -0.3 is 0 Å². The van der Waals surface area contributed by atoms with Gasteiger partial charge in [0.05, 0.1) is 10.5 Å². The topological polar surface area (TPSA) is 77.3 Å². The summed E-state index contributed by atoms with van der Waals surface area (Å²) in [5.74, 6) is 0. The summed E-state index contributed by atoms with van der Waals surface area (Å²) >= 11 is 0. The molecule has 0 saturated carbocycles. The number of benzene rings is 1. The van der Waals surface area contributed by atoms with Crippen molar-refractivity contribution in [2.24, 2.45) is 0 Å². The van der Waals surface area contributed by atoms with Crippen LogP contribution < -0.4 is 0 Å². The number of rotatable bonds is 3. The van der Waals surface area contributed by atoms with Crippen LogP contribution in [-0.4, -0.2) is 13.3 Å². The van der Waals surface area contributed by atoms with E-state index in [4.69, 9.17) is 0 Å². The largest absolute Gasteiger partial charge is 0.309 e. The van der Waals surface area contributed by atoms with Crippen molar-refractivity contribution < 1.29 is 17.2 Å². The lowest BCUT2D eigenvalue weighted by Crippen LogP contribution is -2.06. The van der Waals surface area contributed by atoms with Crippen LogP contribution in [0.2, 0.25) is 0 Å². The second-order valence-electron chi connectivity index (χ2n) is 2.93. The van der Waals surface area contributed by atoms with Gasteiger partial charge in [0.15, 0.2) is 0 Å². The van der Waals surface area contributed by atoms with Crippen LogP contribution in [-0.2, 0) is 10.2 Å². The summed E-state index contributed by atoms with van der Waals surface area (Å²) in [4.78, 5) is 9.80. The van der Waals surface area contributed by atoms with Gasteiger partial charge in [-0.05, 0) is 6.92 Å². The second-order valence-corrected chi connectivity index (χ2v) is 4.59. The smallest absolute Gasteiger partial charge is 0.258 e. The number of nitrogens with zero attached hydrogens (tertiary/aromatic N) is 1. The summed E-state index contributed by atoms with van der Waals surface area (Å²) in [6.45, 7) is 1.07. The molecule has 0 bridgehead atoms. The van der Waals surface area contributed by atoms with Gasteiger partial charge in [0, 0.05) is 6.07 Å². The lowest BCUT2D eigenvalue weighted by Gasteiger charge is -2.06. The van der Waals surface area contributed by atoms with Gasteiger partial charge in [0.2, 0.25) is 0 Å². The monoisotopic (exact) mass is 233 g/mol. The van der Waals surface area contributed by atoms with Crippen LogP contribution in [0.15, 0.2) is 24.3 Å². The van der Waals surface area contributed by atoms with E-state index >= 15 is 0 Å². The minimum Gasteiger partial charge on any atom is -0.258 e. The summed E-state index contributed by atoms with van der Waals surface area (Å²) in [6.07, 6.45) is 0. The van der Waals surface area contributed by atoms with E-state index in [0.717, 1.165) is 13.0 Å². The molecule has 1 atom stereocenters. The van der Waals surface area contributed by atoms with Crippen molar-refractivity contribution in [3.05, 3.63) is 39.9 Å². The molecule has 1 aromatic rings. The maximum Gasteiger partial charge on any atom is 0.309 e. The Balaban J connectivity index is 3.32. The molecule has 0 amide bonds. The van der Waals surface area contributed by atoms with Crippen molar-refractivity contribution in [3.8, 4) is 0 Å². The number of hydrogen-bond acceptors (Lipinski definition) is 4. The average molecular weight is 233 g/mol. The van der Waals surface area contributed by atoms with E-state index in [2.05, 4.69) is 0 Å². The van der Waals surface area contributed by atoms with Gasteiger partial charge in [-0.2, -0.15) is 8.42 Å². The minimum absolute atomic E-state index is 0.148. The zero-order chi connectivity index (χ0) is 11.6. The molecule has 0 fully saturated rings. The van der Waals surface area contributed by atoms with E-state index < -0.39 is 26.1 Å². The third-order valence-electron chi connectivity index (χ3n) is 1.99. The average Bonchev–Trinajstić information content (AvgIpc) is 2.15. The molecule has 0 N–H and O–H groups in total. The van der Waals surface area contributed by atoms with E-state index in [0.29, 0.717) is 0 Å². The molecule has 15 heavy (non-hydrogen) atoms. The fourth-order valence-electron chi connectivity index (χ4n) is 1.15. The summed E-state index contributed by atoms with van der Waals surface area (Å²) in [5, 5.41) is 9.01. The molecule has 1 aromatic carbocycles. The number of nitro benzene ring substituents is 1. The maximum atomic E-state index is 12.7. The highest BCUT2D eigenvalue weighted by molar-refractivity contribution is 7.86. The molecule has 0 heterocycles. The fourth-order valence-corrected chi connectivity index (χ4v) is 1.65. The van der Waals surface area contributed by atoms with Gasteiger partial charge in [-0.3, -0.25) is 10.1 Å². The molecule has 0 aromatic heterocycles. The van der Waals surface area contributed by atoms with Gasteiger partial charge >= 0.3 is 10.2 Å². The Morgan fingerprint density at radius 1 is 1.40 bits per heavy atom. The first kappa shape index (κ1) is 11.6. The van der Waals surface area contributed by atoms with Crippen LogP contribution in [0.25, 0.3) is 0 Å². The zero-order valence-corrected chi connectivity index (χ0v) is 8.57. The lowest BCUT2D eigenvalue weighted by atomic mass is 10.1. The van der Waals surface area contributed by atoms with Crippen LogP contribution in [0.4, 0.5) is 9.57 Å². The molecule has 82 valence electrons. The normalized spacial score (nSPS) is 13.5. The fraction of sp³-hybridized carbons (Fsp3) is 0.250. The van der Waals surface area contributed by atoms with Crippen molar-refractivity contribution in [3.63, 3.8) is 0 Å². The quantitative estimate of drug-likeness (QED) is 0.454. The molecule has 1 unspecified atom stereocenters. The van der Waals surface area contributed by atoms with Gasteiger partial charge in [-0.1, -0.05) is 18.2 Å². The Hall–Kier alpha value is -1.50. The molecule has 0 spiro atoms. The van der Waals surface area contributed by atoms with Crippen LogP contribution in [0.1, 0.15) is 17.7 Å². The van der Waals surface area contributed by atoms with E-state index in [-0.39, 0.29) is 5.56 Å². The molecule has 0 radical (unpaired) electrons. The van der Waals surface area contributed by atoms with Gasteiger partial charge in [-0.15, -0.1) is 3.89 Å². The van der Waals surface area contributed by atoms with Crippen molar-refractivity contribution in [1.82, 2.24) is 0 Å². The molecular weight excluding hydrogens is 225 g/mol. The predicted molar refractivity (Wildman–Crippen MR) is 51.5 cm³/mol. The minimum atomic E-state index is -4.82. The highest BCUT2D eigenvalue weighted by atomic mass is 32.3. The molecule has 1 rings (SSSR count). The maximum absolute atomic E-state index is 12.7. The van der Waals surface area contributed by atoms with Gasteiger partial charge in [0.25, 0.3) is 5.69 Å². The third-order valence-corrected chi connectivity index (χ3v) is 3.09. The standard InChI is InChI=1S/C8H8FNO4S/c1-6(15(9,13)14)7-4-2-3-5-8(7)10(11)12/h2-6H,1H3. The first-order valence-electron chi connectivity index (χ1n) is 4.01. The molecule has 7 heteroatoms. The molecule has 0 saturated heterocycles. The number of halogens is 1. The highest BCUT2D eigenvalue weighted by Crippen LogP contribution is 2.30. The van der Waals surface area contributed by atoms with Gasteiger partial charge in [-0.25, -0.2) is 0 Å². The predicted octanol–water partition coefficient (Wildman–Crippen LogP) is 1.96. The Morgan fingerprint density at radius 2 is 1.93 bits per heavy atom. The van der Waals surface area contributed by atoms with Gasteiger partial charge in [0.1, 0.15) is 5.25 Å². The molecule has 5 nitrogen and oxygen atoms in total. The number of hydrogen-bond donors (Lipinski definition) is 0. The summed E-state index contributed by atoms with van der Waals surface area (Å²) in [7, 11) is -4.82. The van der Waals surface area contributed by atoms with E-state index in [1.807, 2.05) is 0 Å². The molecule has 0 aliphatic carbocycles. The van der Waals surface area contributed by atoms with Crippen molar-refractivity contribution >= 4 is 15.9 Å². The first-order valence-corrected chi connectivity index (χ1v) is 5.45. The van der Waals surface area contributed by atoms with Crippen LogP contribution in [0.5, 0.6) is 0 Å². The van der Waals surface area contributed by atoms with Crippen molar-refractivity contribution in [2.45, 2.75) is 12.2 Å². The molecular formula is C8H8FNO4S. The molecule has 0 aliphatic rings. The summed E-state index contributed by atoms with van der Waals surface area (Å²) in [6, 6.07) is 5.17. The van der Waals surface area contributed by atoms with Crippen LogP contribution >= 0.6 is 0 Å². The zero-order valence-electron chi connectivity index (χ0n) is 7.75. The third kappa shape index (κ3) is 2.50. The lowest BCUT2D eigenvalue weighted by molar-refractivity contribution is -0.385. The van der Waals surface area contributed by atoms with E-state index in [1.165, 1.54) is 18.2 Å². The second kappa shape index (κ2) is 3.93. The first-order chi connectivity index (χ1) is 6.84. The SMILES string of the molecule is CC(c1ccccc1[N+](=O)[O-])S(=O)(=O)F. The highest BCUT2D eigenvalue weighted by Gasteiger charge is 2.28. The van der Waals surface area contributed by atoms with E-state index in [9.17, 15) is 22.4 Å².